The van der Waals surface area contributed by atoms with Gasteiger partial charge >= 0.3 is 5.97 Å². The van der Waals surface area contributed by atoms with Crippen molar-refractivity contribution in [3.05, 3.63) is 82.8 Å². The molecule has 27 heavy (non-hydrogen) atoms. The maximum absolute atomic E-state index is 12.1. The maximum Gasteiger partial charge on any atom is 0.337 e. The first kappa shape index (κ1) is 18.7. The van der Waals surface area contributed by atoms with Gasteiger partial charge in [-0.15, -0.1) is 0 Å². The number of hydrogen-bond acceptors (Lipinski definition) is 3. The minimum absolute atomic E-state index is 0.0271. The summed E-state index contributed by atoms with van der Waals surface area (Å²) in [6.07, 6.45) is 0. The van der Waals surface area contributed by atoms with E-state index in [4.69, 9.17) is 9.84 Å². The Morgan fingerprint density at radius 1 is 0.926 bits per heavy atom. The number of carbonyl (C=O) groups excluding carboxylic acids is 1. The van der Waals surface area contributed by atoms with Crippen LogP contribution in [0.15, 0.2) is 77.3 Å². The Morgan fingerprint density at radius 2 is 1.63 bits per heavy atom. The summed E-state index contributed by atoms with van der Waals surface area (Å²) in [6.45, 7) is -0.239. The predicted octanol–water partition coefficient (Wildman–Crippen LogP) is 4.83. The fourth-order valence-corrected chi connectivity index (χ4v) is 3.03. The first-order valence-electron chi connectivity index (χ1n) is 8.14. The molecule has 3 aromatic rings. The topological polar surface area (TPSA) is 75.6 Å². The van der Waals surface area contributed by atoms with Gasteiger partial charge in [-0.25, -0.2) is 4.79 Å². The zero-order chi connectivity index (χ0) is 19.2. The molecule has 5 nitrogen and oxygen atoms in total. The molecule has 0 radical (unpaired) electrons. The van der Waals surface area contributed by atoms with Crippen molar-refractivity contribution >= 4 is 33.5 Å². The average molecular weight is 426 g/mol. The summed E-state index contributed by atoms with van der Waals surface area (Å²) >= 11 is 3.46. The molecule has 0 atom stereocenters. The number of carboxylic acid groups (broad SMARTS) is 1. The molecule has 136 valence electrons. The summed E-state index contributed by atoms with van der Waals surface area (Å²) in [7, 11) is 0. The van der Waals surface area contributed by atoms with E-state index < -0.39 is 11.9 Å². The number of aromatic carboxylic acids is 1. The number of para-hydroxylation sites is 1. The number of carboxylic acids is 1. The zero-order valence-corrected chi connectivity index (χ0v) is 15.8. The van der Waals surface area contributed by atoms with Crippen molar-refractivity contribution in [1.82, 2.24) is 0 Å². The summed E-state index contributed by atoms with van der Waals surface area (Å²) in [5.74, 6) is -1.02. The Bertz CT molecular complexity index is 973. The van der Waals surface area contributed by atoms with Crippen LogP contribution in [-0.4, -0.2) is 23.6 Å². The standard InChI is InChI=1S/C21H16BrNO4/c22-17-12-15(14-6-2-1-3-7-14)10-11-19(17)27-13-20(24)23-18-9-5-4-8-16(18)21(25)26/h1-12H,13H2,(H,23,24)(H,25,26). The van der Waals surface area contributed by atoms with Crippen LogP contribution >= 0.6 is 15.9 Å². The third-order valence-electron chi connectivity index (χ3n) is 3.83. The molecule has 1 amide bonds. The molecule has 0 aromatic heterocycles. The van der Waals surface area contributed by atoms with Crippen LogP contribution < -0.4 is 10.1 Å². The Balaban J connectivity index is 1.65. The van der Waals surface area contributed by atoms with Gasteiger partial charge in [0, 0.05) is 0 Å². The lowest BCUT2D eigenvalue weighted by molar-refractivity contribution is -0.118. The first-order chi connectivity index (χ1) is 13.0. The van der Waals surface area contributed by atoms with Gasteiger partial charge in [0.25, 0.3) is 5.91 Å². The van der Waals surface area contributed by atoms with E-state index in [0.717, 1.165) is 15.6 Å². The SMILES string of the molecule is O=C(COc1ccc(-c2ccccc2)cc1Br)Nc1ccccc1C(=O)O. The molecule has 0 bridgehead atoms. The van der Waals surface area contributed by atoms with E-state index in [1.807, 2.05) is 42.5 Å². The van der Waals surface area contributed by atoms with Crippen LogP contribution in [0.5, 0.6) is 5.75 Å². The summed E-state index contributed by atoms with van der Waals surface area (Å²) in [5, 5.41) is 11.7. The van der Waals surface area contributed by atoms with Gasteiger partial charge < -0.3 is 15.2 Å². The molecule has 0 aliphatic rings. The number of halogens is 1. The Kier molecular flexibility index (Phi) is 5.88. The summed E-state index contributed by atoms with van der Waals surface area (Å²) in [5.41, 5.74) is 2.36. The lowest BCUT2D eigenvalue weighted by Gasteiger charge is -2.11. The van der Waals surface area contributed by atoms with Gasteiger partial charge in [-0.05, 0) is 51.3 Å². The highest BCUT2D eigenvalue weighted by Gasteiger charge is 2.13. The van der Waals surface area contributed by atoms with Gasteiger partial charge in [-0.2, -0.15) is 0 Å². The normalized spacial score (nSPS) is 10.3. The molecule has 0 aliphatic heterocycles. The van der Waals surface area contributed by atoms with E-state index in [0.29, 0.717) is 5.75 Å². The smallest absolute Gasteiger partial charge is 0.337 e. The zero-order valence-electron chi connectivity index (χ0n) is 14.2. The van der Waals surface area contributed by atoms with Gasteiger partial charge in [0.05, 0.1) is 15.7 Å². The van der Waals surface area contributed by atoms with Crippen molar-refractivity contribution in [1.29, 1.82) is 0 Å². The predicted molar refractivity (Wildman–Crippen MR) is 107 cm³/mol. The summed E-state index contributed by atoms with van der Waals surface area (Å²) in [4.78, 5) is 23.3. The molecular weight excluding hydrogens is 410 g/mol. The monoisotopic (exact) mass is 425 g/mol. The van der Waals surface area contributed by atoms with Gasteiger partial charge in [0.15, 0.2) is 6.61 Å². The number of rotatable bonds is 6. The van der Waals surface area contributed by atoms with E-state index >= 15 is 0 Å². The van der Waals surface area contributed by atoms with Crippen LogP contribution in [0.25, 0.3) is 11.1 Å². The van der Waals surface area contributed by atoms with Crippen LogP contribution in [0.1, 0.15) is 10.4 Å². The van der Waals surface area contributed by atoms with Gasteiger partial charge in [-0.1, -0.05) is 48.5 Å². The van der Waals surface area contributed by atoms with Gasteiger partial charge in [0.1, 0.15) is 5.75 Å². The number of carbonyl (C=O) groups is 2. The molecule has 0 spiro atoms. The molecule has 0 fully saturated rings. The highest BCUT2D eigenvalue weighted by Crippen LogP contribution is 2.30. The molecule has 0 unspecified atom stereocenters. The number of benzene rings is 3. The fraction of sp³-hybridized carbons (Fsp3) is 0.0476. The van der Waals surface area contributed by atoms with E-state index in [2.05, 4.69) is 21.2 Å². The van der Waals surface area contributed by atoms with Crippen molar-refractivity contribution in [3.63, 3.8) is 0 Å². The minimum atomic E-state index is -1.11. The molecule has 0 aliphatic carbocycles. The number of anilines is 1. The third kappa shape index (κ3) is 4.74. The highest BCUT2D eigenvalue weighted by atomic mass is 79.9. The largest absolute Gasteiger partial charge is 0.483 e. The number of nitrogens with one attached hydrogen (secondary N) is 1. The lowest BCUT2D eigenvalue weighted by Crippen LogP contribution is -2.21. The van der Waals surface area contributed by atoms with Crippen LogP contribution in [0, 0.1) is 0 Å². The molecule has 0 heterocycles. The summed E-state index contributed by atoms with van der Waals surface area (Å²) < 4.78 is 6.28. The van der Waals surface area contributed by atoms with E-state index in [1.165, 1.54) is 12.1 Å². The average Bonchev–Trinajstić information content (AvgIpc) is 2.68. The van der Waals surface area contributed by atoms with Crippen molar-refractivity contribution < 1.29 is 19.4 Å². The minimum Gasteiger partial charge on any atom is -0.483 e. The van der Waals surface area contributed by atoms with Crippen molar-refractivity contribution in [3.8, 4) is 16.9 Å². The first-order valence-corrected chi connectivity index (χ1v) is 8.94. The van der Waals surface area contributed by atoms with Crippen LogP contribution in [0.4, 0.5) is 5.69 Å². The van der Waals surface area contributed by atoms with Crippen LogP contribution in [-0.2, 0) is 4.79 Å². The number of ether oxygens (including phenoxy) is 1. The van der Waals surface area contributed by atoms with E-state index in [1.54, 1.807) is 18.2 Å². The second kappa shape index (κ2) is 8.51. The third-order valence-corrected chi connectivity index (χ3v) is 4.45. The fourth-order valence-electron chi connectivity index (χ4n) is 2.54. The van der Waals surface area contributed by atoms with E-state index in [-0.39, 0.29) is 17.9 Å². The van der Waals surface area contributed by atoms with E-state index in [9.17, 15) is 9.59 Å². The van der Waals surface area contributed by atoms with Crippen molar-refractivity contribution in [2.45, 2.75) is 0 Å². The van der Waals surface area contributed by atoms with Crippen molar-refractivity contribution in [2.75, 3.05) is 11.9 Å². The second-order valence-corrected chi connectivity index (χ2v) is 6.55. The highest BCUT2D eigenvalue weighted by molar-refractivity contribution is 9.10. The summed E-state index contributed by atoms with van der Waals surface area (Å²) in [6, 6.07) is 21.7. The molecule has 0 saturated carbocycles. The van der Waals surface area contributed by atoms with Crippen molar-refractivity contribution in [2.24, 2.45) is 0 Å². The van der Waals surface area contributed by atoms with Crippen LogP contribution in [0.3, 0.4) is 0 Å². The van der Waals surface area contributed by atoms with Gasteiger partial charge in [0.2, 0.25) is 0 Å². The lowest BCUT2D eigenvalue weighted by atomic mass is 10.1. The second-order valence-electron chi connectivity index (χ2n) is 5.70. The molecule has 0 saturated heterocycles. The molecular formula is C21H16BrNO4. The molecule has 2 N–H and O–H groups in total. The number of amides is 1. The van der Waals surface area contributed by atoms with Crippen LogP contribution in [0.2, 0.25) is 0 Å². The molecule has 6 heteroatoms. The Labute approximate surface area is 164 Å². The molecule has 3 rings (SSSR count). The Hall–Kier alpha value is -3.12. The quantitative estimate of drug-likeness (QED) is 0.592. The molecule has 3 aromatic carbocycles. The number of hydrogen-bond donors (Lipinski definition) is 2. The Morgan fingerprint density at radius 3 is 2.33 bits per heavy atom. The maximum atomic E-state index is 12.1. The van der Waals surface area contributed by atoms with Gasteiger partial charge in [-0.3, -0.25) is 4.79 Å².